The highest BCUT2D eigenvalue weighted by molar-refractivity contribution is 5.46. The third kappa shape index (κ3) is 4.39. The van der Waals surface area contributed by atoms with Gasteiger partial charge in [0.05, 0.1) is 19.8 Å². The molecule has 0 fully saturated rings. The molecule has 0 saturated carbocycles. The fourth-order valence-corrected chi connectivity index (χ4v) is 1.99. The zero-order chi connectivity index (χ0) is 15.1. The number of rotatable bonds is 7. The van der Waals surface area contributed by atoms with Gasteiger partial charge < -0.3 is 19.9 Å². The highest BCUT2D eigenvalue weighted by Crippen LogP contribution is 2.19. The molecule has 0 aliphatic carbocycles. The molecule has 2 aromatic carbocycles. The van der Waals surface area contributed by atoms with Gasteiger partial charge in [-0.2, -0.15) is 0 Å². The Hall–Kier alpha value is -2.20. The third-order valence-electron chi connectivity index (χ3n) is 3.17. The van der Waals surface area contributed by atoms with Crippen molar-refractivity contribution in [3.63, 3.8) is 0 Å². The van der Waals surface area contributed by atoms with E-state index in [1.165, 1.54) is 0 Å². The van der Waals surface area contributed by atoms with Crippen molar-refractivity contribution in [3.05, 3.63) is 54.1 Å². The quantitative estimate of drug-likeness (QED) is 0.821. The smallest absolute Gasteiger partial charge is 0.119 e. The van der Waals surface area contributed by atoms with Crippen LogP contribution in [0.3, 0.4) is 0 Å². The zero-order valence-corrected chi connectivity index (χ0v) is 12.4. The van der Waals surface area contributed by atoms with Gasteiger partial charge >= 0.3 is 0 Å². The number of anilines is 1. The lowest BCUT2D eigenvalue weighted by molar-refractivity contribution is 0.191. The van der Waals surface area contributed by atoms with Crippen LogP contribution in [0.5, 0.6) is 11.5 Å². The number of hydrogen-bond acceptors (Lipinski definition) is 4. The average molecular weight is 287 g/mol. The second-order valence-electron chi connectivity index (χ2n) is 4.63. The maximum atomic E-state index is 10.2. The van der Waals surface area contributed by atoms with Crippen LogP contribution < -0.4 is 14.8 Å². The lowest BCUT2D eigenvalue weighted by atomic mass is 10.1. The van der Waals surface area contributed by atoms with Gasteiger partial charge in [-0.1, -0.05) is 12.1 Å². The van der Waals surface area contributed by atoms with Crippen molar-refractivity contribution in [1.29, 1.82) is 0 Å². The molecular weight excluding hydrogens is 266 g/mol. The van der Waals surface area contributed by atoms with E-state index < -0.39 is 6.10 Å². The molecule has 0 aromatic heterocycles. The van der Waals surface area contributed by atoms with E-state index in [1.54, 1.807) is 7.11 Å². The summed E-state index contributed by atoms with van der Waals surface area (Å²) >= 11 is 0. The Morgan fingerprint density at radius 1 is 1.00 bits per heavy atom. The first kappa shape index (κ1) is 15.2. The minimum atomic E-state index is -0.567. The van der Waals surface area contributed by atoms with Crippen LogP contribution in [0.2, 0.25) is 0 Å². The van der Waals surface area contributed by atoms with E-state index in [9.17, 15) is 5.11 Å². The van der Waals surface area contributed by atoms with Crippen molar-refractivity contribution < 1.29 is 14.6 Å². The number of hydrogen-bond donors (Lipinski definition) is 2. The molecule has 2 rings (SSSR count). The SMILES string of the molecule is CCOc1ccc(NCC(O)c2ccc(OC)cc2)cc1. The predicted molar refractivity (Wildman–Crippen MR) is 84.1 cm³/mol. The Labute approximate surface area is 125 Å². The van der Waals surface area contributed by atoms with Gasteiger partial charge in [0, 0.05) is 12.2 Å². The number of aliphatic hydroxyl groups excluding tert-OH is 1. The number of benzene rings is 2. The summed E-state index contributed by atoms with van der Waals surface area (Å²) in [6, 6.07) is 15.1. The molecule has 0 heterocycles. The van der Waals surface area contributed by atoms with Gasteiger partial charge in [0.1, 0.15) is 11.5 Å². The molecule has 4 nitrogen and oxygen atoms in total. The first-order valence-electron chi connectivity index (χ1n) is 7.01. The van der Waals surface area contributed by atoms with E-state index >= 15 is 0 Å². The van der Waals surface area contributed by atoms with Gasteiger partial charge in [-0.05, 0) is 48.9 Å². The molecule has 0 aliphatic heterocycles. The minimum absolute atomic E-state index is 0.445. The van der Waals surface area contributed by atoms with E-state index in [4.69, 9.17) is 9.47 Å². The van der Waals surface area contributed by atoms with Crippen molar-refractivity contribution in [2.45, 2.75) is 13.0 Å². The second kappa shape index (κ2) is 7.55. The summed E-state index contributed by atoms with van der Waals surface area (Å²) in [5, 5.41) is 13.4. The Bertz CT molecular complexity index is 537. The van der Waals surface area contributed by atoms with Crippen molar-refractivity contribution in [3.8, 4) is 11.5 Å². The molecule has 2 N–H and O–H groups in total. The molecule has 1 atom stereocenters. The maximum Gasteiger partial charge on any atom is 0.119 e. The van der Waals surface area contributed by atoms with Gasteiger partial charge in [0.25, 0.3) is 0 Å². The molecule has 0 bridgehead atoms. The fourth-order valence-electron chi connectivity index (χ4n) is 1.99. The number of aliphatic hydroxyl groups is 1. The van der Waals surface area contributed by atoms with E-state index in [-0.39, 0.29) is 0 Å². The van der Waals surface area contributed by atoms with Gasteiger partial charge in [-0.25, -0.2) is 0 Å². The van der Waals surface area contributed by atoms with Crippen LogP contribution >= 0.6 is 0 Å². The zero-order valence-electron chi connectivity index (χ0n) is 12.4. The van der Waals surface area contributed by atoms with Crippen molar-refractivity contribution in [2.75, 3.05) is 25.6 Å². The van der Waals surface area contributed by atoms with Crippen LogP contribution in [-0.2, 0) is 0 Å². The highest BCUT2D eigenvalue weighted by atomic mass is 16.5. The van der Waals surface area contributed by atoms with Crippen molar-refractivity contribution >= 4 is 5.69 Å². The summed E-state index contributed by atoms with van der Waals surface area (Å²) in [5.74, 6) is 1.63. The summed E-state index contributed by atoms with van der Waals surface area (Å²) in [7, 11) is 1.62. The summed E-state index contributed by atoms with van der Waals surface area (Å²) in [5.41, 5.74) is 1.81. The molecule has 0 saturated heterocycles. The average Bonchev–Trinajstić information content (AvgIpc) is 2.54. The summed E-state index contributed by atoms with van der Waals surface area (Å²) in [6.45, 7) is 3.06. The number of ether oxygens (including phenoxy) is 2. The van der Waals surface area contributed by atoms with Crippen molar-refractivity contribution in [1.82, 2.24) is 0 Å². The van der Waals surface area contributed by atoms with Gasteiger partial charge in [-0.15, -0.1) is 0 Å². The summed E-state index contributed by atoms with van der Waals surface area (Å²) in [4.78, 5) is 0. The van der Waals surface area contributed by atoms with Crippen molar-refractivity contribution in [2.24, 2.45) is 0 Å². The molecular formula is C17H21NO3. The van der Waals surface area contributed by atoms with Crippen LogP contribution in [-0.4, -0.2) is 25.4 Å². The van der Waals surface area contributed by atoms with E-state index in [0.717, 1.165) is 22.7 Å². The summed E-state index contributed by atoms with van der Waals surface area (Å²) in [6.07, 6.45) is -0.567. The highest BCUT2D eigenvalue weighted by Gasteiger charge is 2.07. The van der Waals surface area contributed by atoms with E-state index in [2.05, 4.69) is 5.32 Å². The van der Waals surface area contributed by atoms with Gasteiger partial charge in [-0.3, -0.25) is 0 Å². The molecule has 21 heavy (non-hydrogen) atoms. The van der Waals surface area contributed by atoms with Crippen LogP contribution in [0, 0.1) is 0 Å². The molecule has 0 radical (unpaired) electrons. The lowest BCUT2D eigenvalue weighted by Crippen LogP contribution is -2.12. The topological polar surface area (TPSA) is 50.7 Å². The fraction of sp³-hybridized carbons (Fsp3) is 0.294. The summed E-state index contributed by atoms with van der Waals surface area (Å²) < 4.78 is 10.5. The Morgan fingerprint density at radius 3 is 2.19 bits per heavy atom. The third-order valence-corrected chi connectivity index (χ3v) is 3.17. The van der Waals surface area contributed by atoms with Crippen LogP contribution in [0.1, 0.15) is 18.6 Å². The molecule has 1 unspecified atom stereocenters. The van der Waals surface area contributed by atoms with Gasteiger partial charge in [0.15, 0.2) is 0 Å². The number of methoxy groups -OCH3 is 1. The predicted octanol–water partition coefficient (Wildman–Crippen LogP) is 3.24. The van der Waals surface area contributed by atoms with E-state index in [0.29, 0.717) is 13.2 Å². The molecule has 2 aromatic rings. The van der Waals surface area contributed by atoms with Gasteiger partial charge in [0.2, 0.25) is 0 Å². The van der Waals surface area contributed by atoms with E-state index in [1.807, 2.05) is 55.5 Å². The first-order chi connectivity index (χ1) is 10.2. The molecule has 112 valence electrons. The normalized spacial score (nSPS) is 11.8. The number of nitrogens with one attached hydrogen (secondary N) is 1. The molecule has 4 heteroatoms. The standard InChI is InChI=1S/C17H21NO3/c1-3-21-16-10-6-14(7-11-16)18-12-17(19)13-4-8-15(20-2)9-5-13/h4-11,17-19H,3,12H2,1-2H3. The Morgan fingerprint density at radius 2 is 1.62 bits per heavy atom. The largest absolute Gasteiger partial charge is 0.497 e. The molecule has 0 amide bonds. The monoisotopic (exact) mass is 287 g/mol. The minimum Gasteiger partial charge on any atom is -0.497 e. The Kier molecular flexibility index (Phi) is 5.46. The maximum absolute atomic E-state index is 10.2. The second-order valence-corrected chi connectivity index (χ2v) is 4.63. The first-order valence-corrected chi connectivity index (χ1v) is 7.01. The van der Waals surface area contributed by atoms with Crippen LogP contribution in [0.4, 0.5) is 5.69 Å². The molecule has 0 aliphatic rings. The lowest BCUT2D eigenvalue weighted by Gasteiger charge is -2.14. The molecule has 0 spiro atoms. The van der Waals surface area contributed by atoms with Crippen LogP contribution in [0.15, 0.2) is 48.5 Å². The Balaban J connectivity index is 1.88. The van der Waals surface area contributed by atoms with Crippen LogP contribution in [0.25, 0.3) is 0 Å².